The quantitative estimate of drug-likeness (QED) is 0.632. The summed E-state index contributed by atoms with van der Waals surface area (Å²) in [5.74, 6) is 2.91. The minimum Gasteiger partial charge on any atom is -0.494 e. The van der Waals surface area contributed by atoms with E-state index in [9.17, 15) is 0 Å². The Bertz CT molecular complexity index is 946. The van der Waals surface area contributed by atoms with Crippen molar-refractivity contribution in [2.45, 2.75) is 32.2 Å². The number of piperidine rings is 1. The second-order valence-corrected chi connectivity index (χ2v) is 7.64. The van der Waals surface area contributed by atoms with Crippen LogP contribution in [0.5, 0.6) is 5.75 Å². The van der Waals surface area contributed by atoms with Gasteiger partial charge in [0.05, 0.1) is 12.3 Å². The average Bonchev–Trinajstić information content (AvgIpc) is 2.81. The van der Waals surface area contributed by atoms with Gasteiger partial charge in [0, 0.05) is 50.1 Å². The molecule has 1 aliphatic heterocycles. The first kappa shape index (κ1) is 20.3. The molecule has 1 saturated heterocycles. The van der Waals surface area contributed by atoms with Crippen LogP contribution in [0.25, 0.3) is 11.4 Å². The van der Waals surface area contributed by atoms with Crippen molar-refractivity contribution in [2.75, 3.05) is 32.1 Å². The van der Waals surface area contributed by atoms with E-state index in [1.54, 1.807) is 6.20 Å². The Kier molecular flexibility index (Phi) is 6.54. The fourth-order valence-corrected chi connectivity index (χ4v) is 3.98. The molecule has 3 aromatic rings. The molecule has 3 heterocycles. The summed E-state index contributed by atoms with van der Waals surface area (Å²) in [7, 11) is 1.90. The van der Waals surface area contributed by atoms with Crippen LogP contribution in [0, 0.1) is 0 Å². The standard InChI is InChI=1S/C24H29N5O/c1-3-30-21-10-8-18(9-11-21)16-29-13-5-7-20(17-29)22-14-23(25-2)28-24(27-22)19-6-4-12-26-15-19/h4,6,8-12,14-15,20H,3,5,7,13,16-17H2,1-2H3,(H,25,27,28)/t20-/m0/s1. The van der Waals surface area contributed by atoms with Gasteiger partial charge in [0.2, 0.25) is 0 Å². The molecule has 6 nitrogen and oxygen atoms in total. The highest BCUT2D eigenvalue weighted by Crippen LogP contribution is 2.29. The van der Waals surface area contributed by atoms with Gasteiger partial charge in [-0.05, 0) is 56.1 Å². The third-order valence-electron chi connectivity index (χ3n) is 5.49. The summed E-state index contributed by atoms with van der Waals surface area (Å²) in [5, 5.41) is 3.19. The van der Waals surface area contributed by atoms with Gasteiger partial charge in [-0.3, -0.25) is 9.88 Å². The van der Waals surface area contributed by atoms with Crippen molar-refractivity contribution in [1.29, 1.82) is 0 Å². The van der Waals surface area contributed by atoms with Crippen LogP contribution in [0.15, 0.2) is 54.9 Å². The van der Waals surface area contributed by atoms with Gasteiger partial charge < -0.3 is 10.1 Å². The average molecular weight is 404 g/mol. The number of benzene rings is 1. The molecule has 1 fully saturated rings. The summed E-state index contributed by atoms with van der Waals surface area (Å²) in [5.41, 5.74) is 3.36. The Balaban J connectivity index is 1.50. The molecule has 156 valence electrons. The summed E-state index contributed by atoms with van der Waals surface area (Å²) in [6.45, 7) is 5.77. The Labute approximate surface area is 178 Å². The lowest BCUT2D eigenvalue weighted by Crippen LogP contribution is -2.34. The minimum atomic E-state index is 0.395. The maximum absolute atomic E-state index is 5.56. The number of hydrogen-bond donors (Lipinski definition) is 1. The maximum Gasteiger partial charge on any atom is 0.163 e. The number of pyridine rings is 1. The van der Waals surface area contributed by atoms with Crippen LogP contribution in [0.2, 0.25) is 0 Å². The van der Waals surface area contributed by atoms with Crippen molar-refractivity contribution in [3.05, 3.63) is 66.1 Å². The fourth-order valence-electron chi connectivity index (χ4n) is 3.98. The first-order valence-electron chi connectivity index (χ1n) is 10.7. The molecule has 1 aromatic carbocycles. The number of nitrogens with one attached hydrogen (secondary N) is 1. The molecule has 4 rings (SSSR count). The van der Waals surface area contributed by atoms with Crippen molar-refractivity contribution in [2.24, 2.45) is 0 Å². The predicted octanol–water partition coefficient (Wildman–Crippen LogP) is 4.36. The van der Waals surface area contributed by atoms with Crippen molar-refractivity contribution in [3.8, 4) is 17.1 Å². The van der Waals surface area contributed by atoms with Gasteiger partial charge in [-0.2, -0.15) is 0 Å². The highest BCUT2D eigenvalue weighted by atomic mass is 16.5. The smallest absolute Gasteiger partial charge is 0.163 e. The lowest BCUT2D eigenvalue weighted by molar-refractivity contribution is 0.198. The largest absolute Gasteiger partial charge is 0.494 e. The number of rotatable bonds is 7. The first-order chi connectivity index (χ1) is 14.7. The normalized spacial score (nSPS) is 16.9. The Hall–Kier alpha value is -2.99. The van der Waals surface area contributed by atoms with Crippen LogP contribution in [-0.2, 0) is 6.54 Å². The monoisotopic (exact) mass is 403 g/mol. The molecule has 0 unspecified atom stereocenters. The van der Waals surface area contributed by atoms with Crippen LogP contribution >= 0.6 is 0 Å². The van der Waals surface area contributed by atoms with E-state index < -0.39 is 0 Å². The lowest BCUT2D eigenvalue weighted by Gasteiger charge is -2.32. The topological polar surface area (TPSA) is 63.2 Å². The van der Waals surface area contributed by atoms with Crippen LogP contribution in [0.3, 0.4) is 0 Å². The van der Waals surface area contributed by atoms with Crippen LogP contribution < -0.4 is 10.1 Å². The van der Waals surface area contributed by atoms with E-state index in [1.807, 2.05) is 32.3 Å². The van der Waals surface area contributed by atoms with Crippen molar-refractivity contribution < 1.29 is 4.74 Å². The summed E-state index contributed by atoms with van der Waals surface area (Å²) >= 11 is 0. The Morgan fingerprint density at radius 2 is 2.03 bits per heavy atom. The fraction of sp³-hybridized carbons (Fsp3) is 0.375. The molecule has 2 aromatic heterocycles. The van der Waals surface area contributed by atoms with E-state index in [-0.39, 0.29) is 0 Å². The van der Waals surface area contributed by atoms with Gasteiger partial charge in [-0.15, -0.1) is 0 Å². The minimum absolute atomic E-state index is 0.395. The third kappa shape index (κ3) is 4.94. The maximum atomic E-state index is 5.56. The number of hydrogen-bond acceptors (Lipinski definition) is 6. The summed E-state index contributed by atoms with van der Waals surface area (Å²) < 4.78 is 5.56. The van der Waals surface area contributed by atoms with E-state index in [0.717, 1.165) is 54.7 Å². The molecule has 0 spiro atoms. The van der Waals surface area contributed by atoms with Gasteiger partial charge in [0.1, 0.15) is 11.6 Å². The number of aromatic nitrogens is 3. The van der Waals surface area contributed by atoms with Crippen LogP contribution in [0.1, 0.15) is 36.9 Å². The summed E-state index contributed by atoms with van der Waals surface area (Å²) in [6, 6.07) is 14.5. The van der Waals surface area contributed by atoms with Gasteiger partial charge in [0.25, 0.3) is 0 Å². The van der Waals surface area contributed by atoms with E-state index in [1.165, 1.54) is 12.0 Å². The van der Waals surface area contributed by atoms with Gasteiger partial charge >= 0.3 is 0 Å². The molecule has 6 heteroatoms. The van der Waals surface area contributed by atoms with Gasteiger partial charge in [-0.25, -0.2) is 9.97 Å². The molecule has 0 radical (unpaired) electrons. The highest BCUT2D eigenvalue weighted by Gasteiger charge is 2.24. The van der Waals surface area contributed by atoms with E-state index in [4.69, 9.17) is 9.72 Å². The Morgan fingerprint density at radius 1 is 1.17 bits per heavy atom. The SMILES string of the molecule is CCOc1ccc(CN2CCC[C@H](c3cc(NC)nc(-c4cccnc4)n3)C2)cc1. The second kappa shape index (κ2) is 9.67. The van der Waals surface area contributed by atoms with E-state index in [2.05, 4.69) is 50.5 Å². The Morgan fingerprint density at radius 3 is 2.77 bits per heavy atom. The predicted molar refractivity (Wildman–Crippen MR) is 120 cm³/mol. The van der Waals surface area contributed by atoms with Crippen LogP contribution in [-0.4, -0.2) is 46.6 Å². The molecule has 1 N–H and O–H groups in total. The molecule has 0 saturated carbocycles. The molecule has 0 aliphatic carbocycles. The first-order valence-corrected chi connectivity index (χ1v) is 10.7. The molecule has 0 amide bonds. The molecular weight excluding hydrogens is 374 g/mol. The number of anilines is 1. The zero-order chi connectivity index (χ0) is 20.8. The van der Waals surface area contributed by atoms with E-state index >= 15 is 0 Å². The van der Waals surface area contributed by atoms with Crippen LogP contribution in [0.4, 0.5) is 5.82 Å². The van der Waals surface area contributed by atoms with E-state index in [0.29, 0.717) is 12.5 Å². The zero-order valence-electron chi connectivity index (χ0n) is 17.7. The molecular formula is C24H29N5O. The van der Waals surface area contributed by atoms with Crippen molar-refractivity contribution >= 4 is 5.82 Å². The van der Waals surface area contributed by atoms with Crippen molar-refractivity contribution in [3.63, 3.8) is 0 Å². The highest BCUT2D eigenvalue weighted by molar-refractivity contribution is 5.56. The van der Waals surface area contributed by atoms with Gasteiger partial charge in [-0.1, -0.05) is 12.1 Å². The number of nitrogens with zero attached hydrogens (tertiary/aromatic N) is 4. The molecule has 1 aliphatic rings. The third-order valence-corrected chi connectivity index (χ3v) is 5.49. The lowest BCUT2D eigenvalue weighted by atomic mass is 9.94. The molecule has 1 atom stereocenters. The second-order valence-electron chi connectivity index (χ2n) is 7.64. The summed E-state index contributed by atoms with van der Waals surface area (Å²) in [4.78, 5) is 16.3. The zero-order valence-corrected chi connectivity index (χ0v) is 17.7. The summed E-state index contributed by atoms with van der Waals surface area (Å²) in [6.07, 6.45) is 5.90. The van der Waals surface area contributed by atoms with Crippen molar-refractivity contribution in [1.82, 2.24) is 19.9 Å². The number of likely N-dealkylation sites (tertiary alicyclic amines) is 1. The molecule has 0 bridgehead atoms. The number of ether oxygens (including phenoxy) is 1. The molecule has 30 heavy (non-hydrogen) atoms. The van der Waals surface area contributed by atoms with Gasteiger partial charge in [0.15, 0.2) is 5.82 Å².